The van der Waals surface area contributed by atoms with Crippen molar-refractivity contribution >= 4 is 21.9 Å². The highest BCUT2D eigenvalue weighted by Crippen LogP contribution is 2.35. The van der Waals surface area contributed by atoms with Gasteiger partial charge in [0, 0.05) is 24.3 Å². The van der Waals surface area contributed by atoms with Gasteiger partial charge in [-0.05, 0) is 39.8 Å². The minimum Gasteiger partial charge on any atom is -0.507 e. The molecule has 3 aromatic rings. The fourth-order valence-corrected chi connectivity index (χ4v) is 2.79. The van der Waals surface area contributed by atoms with Crippen molar-refractivity contribution in [3.8, 4) is 23.0 Å². The summed E-state index contributed by atoms with van der Waals surface area (Å²) in [5, 5.41) is 20.7. The Morgan fingerprint density at radius 2 is 1.24 bits per heavy atom. The molecule has 6 nitrogen and oxygen atoms in total. The summed E-state index contributed by atoms with van der Waals surface area (Å²) in [6.45, 7) is 8.47. The van der Waals surface area contributed by atoms with Crippen LogP contribution in [0.25, 0.3) is 21.9 Å². The lowest BCUT2D eigenvalue weighted by Gasteiger charge is -2.10. The first-order chi connectivity index (χ1) is 13.8. The summed E-state index contributed by atoms with van der Waals surface area (Å²) in [6.07, 6.45) is 3.79. The summed E-state index contributed by atoms with van der Waals surface area (Å²) in [5.41, 5.74) is 2.00. The summed E-state index contributed by atoms with van der Waals surface area (Å²) in [4.78, 5) is 12.9. The molecule has 1 heterocycles. The Kier molecular flexibility index (Phi) is 5.82. The molecule has 3 rings (SSSR count). The van der Waals surface area contributed by atoms with Crippen LogP contribution in [-0.4, -0.2) is 23.4 Å². The van der Waals surface area contributed by atoms with E-state index in [0.717, 1.165) is 11.1 Å². The van der Waals surface area contributed by atoms with E-state index >= 15 is 0 Å². The fourth-order valence-electron chi connectivity index (χ4n) is 2.79. The van der Waals surface area contributed by atoms with E-state index in [1.54, 1.807) is 12.1 Å². The van der Waals surface area contributed by atoms with Gasteiger partial charge in [-0.15, -0.1) is 0 Å². The number of hydrogen-bond acceptors (Lipinski definition) is 6. The van der Waals surface area contributed by atoms with Crippen LogP contribution in [0.5, 0.6) is 23.0 Å². The Hall–Kier alpha value is -3.41. The van der Waals surface area contributed by atoms with Crippen LogP contribution in [0.1, 0.15) is 27.7 Å². The predicted octanol–water partition coefficient (Wildman–Crippen LogP) is 5.05. The van der Waals surface area contributed by atoms with Crippen LogP contribution in [0, 0.1) is 0 Å². The number of phenols is 2. The van der Waals surface area contributed by atoms with Gasteiger partial charge in [0.2, 0.25) is 5.43 Å². The molecular formula is C23H24O6. The number of allylic oxidation sites excluding steroid dienone is 2. The average molecular weight is 396 g/mol. The van der Waals surface area contributed by atoms with Gasteiger partial charge in [0.25, 0.3) is 0 Å². The van der Waals surface area contributed by atoms with Gasteiger partial charge in [-0.25, -0.2) is 0 Å². The Bertz CT molecular complexity index is 1090. The lowest BCUT2D eigenvalue weighted by atomic mass is 10.1. The molecule has 2 N–H and O–H groups in total. The Morgan fingerprint density at radius 1 is 0.828 bits per heavy atom. The highest BCUT2D eigenvalue weighted by atomic mass is 16.5. The first-order valence-electron chi connectivity index (χ1n) is 9.25. The van der Waals surface area contributed by atoms with Gasteiger partial charge in [-0.2, -0.15) is 0 Å². The first kappa shape index (κ1) is 20.3. The van der Waals surface area contributed by atoms with Crippen molar-refractivity contribution in [2.75, 3.05) is 13.2 Å². The normalized spacial score (nSPS) is 10.8. The van der Waals surface area contributed by atoms with Crippen molar-refractivity contribution in [3.63, 3.8) is 0 Å². The second kappa shape index (κ2) is 8.31. The zero-order valence-corrected chi connectivity index (χ0v) is 16.9. The third-order valence-electron chi connectivity index (χ3n) is 4.27. The minimum absolute atomic E-state index is 0.0134. The van der Waals surface area contributed by atoms with Crippen LogP contribution in [0.3, 0.4) is 0 Å². The second-order valence-electron chi connectivity index (χ2n) is 7.25. The van der Waals surface area contributed by atoms with Crippen LogP contribution in [0.2, 0.25) is 0 Å². The molecule has 0 saturated carbocycles. The number of benzene rings is 2. The van der Waals surface area contributed by atoms with Crippen molar-refractivity contribution in [2.45, 2.75) is 27.7 Å². The van der Waals surface area contributed by atoms with E-state index in [4.69, 9.17) is 13.9 Å². The maximum atomic E-state index is 12.9. The minimum atomic E-state index is -0.525. The van der Waals surface area contributed by atoms with E-state index in [1.807, 2.05) is 39.8 Å². The summed E-state index contributed by atoms with van der Waals surface area (Å²) in [7, 11) is 0. The van der Waals surface area contributed by atoms with Gasteiger partial charge in [0.1, 0.15) is 58.2 Å². The SMILES string of the molecule is CC(C)=CCOc1cc(O)c2c(=O)c3c(O)cc(OCC=C(C)C)cc3oc2c1. The predicted molar refractivity (Wildman–Crippen MR) is 113 cm³/mol. The van der Waals surface area contributed by atoms with Crippen LogP contribution >= 0.6 is 0 Å². The average Bonchev–Trinajstić information content (AvgIpc) is 2.60. The molecule has 0 spiro atoms. The molecule has 152 valence electrons. The first-order valence-corrected chi connectivity index (χ1v) is 9.25. The summed E-state index contributed by atoms with van der Waals surface area (Å²) in [6, 6.07) is 5.81. The number of fused-ring (bicyclic) bond motifs is 2. The van der Waals surface area contributed by atoms with Crippen LogP contribution in [0.15, 0.2) is 56.8 Å². The number of hydrogen-bond donors (Lipinski definition) is 2. The van der Waals surface area contributed by atoms with Crippen molar-refractivity contribution in [1.82, 2.24) is 0 Å². The molecule has 0 aliphatic heterocycles. The number of rotatable bonds is 6. The smallest absolute Gasteiger partial charge is 0.208 e. The Balaban J connectivity index is 2.09. The molecule has 0 unspecified atom stereocenters. The highest BCUT2D eigenvalue weighted by Gasteiger charge is 2.17. The zero-order chi connectivity index (χ0) is 21.1. The monoisotopic (exact) mass is 396 g/mol. The molecule has 2 aromatic carbocycles. The maximum absolute atomic E-state index is 12.9. The van der Waals surface area contributed by atoms with Crippen molar-refractivity contribution in [3.05, 3.63) is 57.8 Å². The van der Waals surface area contributed by atoms with Crippen molar-refractivity contribution in [1.29, 1.82) is 0 Å². The van der Waals surface area contributed by atoms with E-state index in [-0.39, 0.29) is 33.4 Å². The molecule has 0 bridgehead atoms. The van der Waals surface area contributed by atoms with E-state index in [0.29, 0.717) is 24.7 Å². The van der Waals surface area contributed by atoms with E-state index in [9.17, 15) is 15.0 Å². The van der Waals surface area contributed by atoms with Gasteiger partial charge in [0.05, 0.1) is 0 Å². The largest absolute Gasteiger partial charge is 0.507 e. The van der Waals surface area contributed by atoms with E-state index < -0.39 is 5.43 Å². The topological polar surface area (TPSA) is 89.1 Å². The number of phenolic OH excluding ortho intramolecular Hbond substituents is 2. The Labute approximate surface area is 168 Å². The van der Waals surface area contributed by atoms with E-state index in [1.165, 1.54) is 12.1 Å². The molecule has 0 aliphatic rings. The lowest BCUT2D eigenvalue weighted by molar-refractivity contribution is 0.358. The number of aromatic hydroxyl groups is 2. The standard InChI is InChI=1S/C23H24O6/c1-13(2)5-7-27-15-9-17(24)21-19(11-15)29-20-12-16(28-8-6-14(3)4)10-18(25)22(20)23(21)26/h5-6,9-12,24-25H,7-8H2,1-4H3. The van der Waals surface area contributed by atoms with Crippen LogP contribution < -0.4 is 14.9 Å². The second-order valence-corrected chi connectivity index (χ2v) is 7.25. The molecule has 0 aliphatic carbocycles. The van der Waals surface area contributed by atoms with Crippen LogP contribution in [-0.2, 0) is 0 Å². The van der Waals surface area contributed by atoms with Crippen molar-refractivity contribution < 1.29 is 24.1 Å². The molecule has 0 saturated heterocycles. The highest BCUT2D eigenvalue weighted by molar-refractivity contribution is 5.96. The molecule has 0 radical (unpaired) electrons. The molecular weight excluding hydrogens is 372 g/mol. The zero-order valence-electron chi connectivity index (χ0n) is 16.9. The van der Waals surface area contributed by atoms with Gasteiger partial charge in [-0.1, -0.05) is 11.1 Å². The number of ether oxygens (including phenoxy) is 2. The maximum Gasteiger partial charge on any atom is 0.208 e. The Morgan fingerprint density at radius 3 is 1.62 bits per heavy atom. The fraction of sp³-hybridized carbons (Fsp3) is 0.261. The third-order valence-corrected chi connectivity index (χ3v) is 4.27. The van der Waals surface area contributed by atoms with Gasteiger partial charge in [0.15, 0.2) is 0 Å². The summed E-state index contributed by atoms with van der Waals surface area (Å²) < 4.78 is 17.0. The van der Waals surface area contributed by atoms with E-state index in [2.05, 4.69) is 0 Å². The molecule has 6 heteroatoms. The molecule has 29 heavy (non-hydrogen) atoms. The third kappa shape index (κ3) is 4.54. The van der Waals surface area contributed by atoms with Crippen LogP contribution in [0.4, 0.5) is 0 Å². The quantitative estimate of drug-likeness (QED) is 0.448. The lowest BCUT2D eigenvalue weighted by Crippen LogP contribution is -2.04. The summed E-state index contributed by atoms with van der Waals surface area (Å²) in [5.74, 6) is 0.202. The van der Waals surface area contributed by atoms with Gasteiger partial charge in [-0.3, -0.25) is 4.79 Å². The van der Waals surface area contributed by atoms with Crippen molar-refractivity contribution in [2.24, 2.45) is 0 Å². The molecule has 1 aromatic heterocycles. The van der Waals surface area contributed by atoms with Gasteiger partial charge >= 0.3 is 0 Å². The molecule has 0 fully saturated rings. The molecule has 0 amide bonds. The molecule has 0 atom stereocenters. The summed E-state index contributed by atoms with van der Waals surface area (Å²) >= 11 is 0. The van der Waals surface area contributed by atoms with Gasteiger partial charge < -0.3 is 24.1 Å².